The van der Waals surface area contributed by atoms with Crippen molar-refractivity contribution in [1.82, 2.24) is 0 Å². The Morgan fingerprint density at radius 2 is 1.80 bits per heavy atom. The summed E-state index contributed by atoms with van der Waals surface area (Å²) >= 11 is 3.63. The summed E-state index contributed by atoms with van der Waals surface area (Å²) in [5.41, 5.74) is 7.86. The molecule has 41 heavy (non-hydrogen) atoms. The molecule has 0 saturated heterocycles. The van der Waals surface area contributed by atoms with Crippen LogP contribution in [0.15, 0.2) is 100 Å². The Kier molecular flexibility index (Phi) is 7.93. The van der Waals surface area contributed by atoms with Gasteiger partial charge in [-0.05, 0) is 107 Å². The van der Waals surface area contributed by atoms with Crippen LogP contribution >= 0.6 is 15.9 Å². The lowest BCUT2D eigenvalue weighted by atomic mass is 9.76. The highest BCUT2D eigenvalue weighted by Crippen LogP contribution is 2.50. The van der Waals surface area contributed by atoms with Crippen molar-refractivity contribution in [3.63, 3.8) is 0 Å². The molecule has 208 valence electrons. The molecule has 0 amide bonds. The molecule has 0 spiro atoms. The van der Waals surface area contributed by atoms with E-state index >= 15 is 0 Å². The average molecular weight is 612 g/mol. The number of nitrogens with zero attached hydrogens (tertiary/aromatic N) is 1. The third-order valence-electron chi connectivity index (χ3n) is 7.76. The van der Waals surface area contributed by atoms with E-state index in [0.29, 0.717) is 36.5 Å². The second kappa shape index (κ2) is 11.9. The minimum absolute atomic E-state index is 0.260. The van der Waals surface area contributed by atoms with Gasteiger partial charge in [0.05, 0.1) is 22.8 Å². The minimum Gasteiger partial charge on any atom is -0.490 e. The number of halogens is 2. The Morgan fingerprint density at radius 3 is 2.59 bits per heavy atom. The third kappa shape index (κ3) is 5.94. The summed E-state index contributed by atoms with van der Waals surface area (Å²) in [5, 5.41) is 3.82. The molecule has 1 aliphatic carbocycles. The van der Waals surface area contributed by atoms with Crippen LogP contribution in [0.2, 0.25) is 0 Å². The van der Waals surface area contributed by atoms with E-state index in [0.717, 1.165) is 27.7 Å². The molecule has 1 N–H and O–H groups in total. The molecular weight excluding hydrogens is 579 g/mol. The van der Waals surface area contributed by atoms with Crippen LogP contribution in [0.3, 0.4) is 0 Å². The van der Waals surface area contributed by atoms with E-state index in [4.69, 9.17) is 14.5 Å². The van der Waals surface area contributed by atoms with Crippen molar-refractivity contribution >= 4 is 33.5 Å². The maximum atomic E-state index is 13.2. The van der Waals surface area contributed by atoms with Gasteiger partial charge in [0.2, 0.25) is 0 Å². The van der Waals surface area contributed by atoms with Crippen molar-refractivity contribution < 1.29 is 13.9 Å². The Morgan fingerprint density at radius 1 is 1.00 bits per heavy atom. The number of ether oxygens (including phenoxy) is 2. The summed E-state index contributed by atoms with van der Waals surface area (Å²) in [5.74, 6) is 1.93. The largest absolute Gasteiger partial charge is 0.490 e. The quantitative estimate of drug-likeness (QED) is 0.159. The summed E-state index contributed by atoms with van der Waals surface area (Å²) in [6.07, 6.45) is 7.62. The monoisotopic (exact) mass is 610 g/mol. The Bertz CT molecular complexity index is 1600. The molecule has 6 rings (SSSR count). The van der Waals surface area contributed by atoms with Gasteiger partial charge in [-0.1, -0.05) is 54.1 Å². The molecular formula is C35H32BrFN2O2. The molecule has 0 aromatic heterocycles. The normalized spacial score (nSPS) is 19.1. The van der Waals surface area contributed by atoms with Gasteiger partial charge in [-0.2, -0.15) is 0 Å². The molecule has 0 radical (unpaired) electrons. The molecule has 4 aromatic carbocycles. The van der Waals surface area contributed by atoms with Gasteiger partial charge in [-0.15, -0.1) is 0 Å². The number of rotatable bonds is 8. The summed E-state index contributed by atoms with van der Waals surface area (Å²) in [4.78, 5) is 4.74. The van der Waals surface area contributed by atoms with Crippen LogP contribution in [0, 0.1) is 18.7 Å². The summed E-state index contributed by atoms with van der Waals surface area (Å²) in [6, 6.07) is 25.7. The maximum absolute atomic E-state index is 13.2. The molecule has 0 bridgehead atoms. The van der Waals surface area contributed by atoms with Crippen molar-refractivity contribution in [3.05, 3.63) is 129 Å². The predicted molar refractivity (Wildman–Crippen MR) is 167 cm³/mol. The highest BCUT2D eigenvalue weighted by Gasteiger charge is 2.37. The molecule has 1 heterocycles. The number of benzene rings is 4. The number of hydrogen-bond donors (Lipinski definition) is 1. The predicted octanol–water partition coefficient (Wildman–Crippen LogP) is 9.45. The molecule has 0 fully saturated rings. The summed E-state index contributed by atoms with van der Waals surface area (Å²) in [7, 11) is 0. The van der Waals surface area contributed by atoms with Crippen molar-refractivity contribution in [1.29, 1.82) is 0 Å². The molecule has 2 aliphatic rings. The van der Waals surface area contributed by atoms with Gasteiger partial charge in [-0.3, -0.25) is 4.99 Å². The fourth-order valence-electron chi connectivity index (χ4n) is 5.76. The van der Waals surface area contributed by atoms with E-state index in [-0.39, 0.29) is 11.9 Å². The van der Waals surface area contributed by atoms with E-state index in [9.17, 15) is 4.39 Å². The standard InChI is InChI=1S/C35H32BrFN2O2/c1-3-40-33-19-24(18-31(36)35(33)41-21-23-8-12-26(37)13-9-23)20-38-27-14-10-25(11-15-27)34-29-6-4-5-28(29)30-17-22(2)7-16-32(30)39-34/h4-5,7-20,28-29,34,39H,3,6,21H2,1-2H3/t28-,29+,34+/m1/s1. The molecule has 0 unspecified atom stereocenters. The highest BCUT2D eigenvalue weighted by molar-refractivity contribution is 9.10. The van der Waals surface area contributed by atoms with Crippen molar-refractivity contribution in [3.8, 4) is 11.5 Å². The van der Waals surface area contributed by atoms with Crippen molar-refractivity contribution in [2.24, 2.45) is 10.9 Å². The van der Waals surface area contributed by atoms with Gasteiger partial charge < -0.3 is 14.8 Å². The van der Waals surface area contributed by atoms with Crippen molar-refractivity contribution in [2.45, 2.75) is 38.8 Å². The smallest absolute Gasteiger partial charge is 0.175 e. The summed E-state index contributed by atoms with van der Waals surface area (Å²) < 4.78 is 25.9. The van der Waals surface area contributed by atoms with E-state index in [1.54, 1.807) is 12.1 Å². The first-order valence-electron chi connectivity index (χ1n) is 14.0. The lowest BCUT2D eigenvalue weighted by Gasteiger charge is -2.37. The van der Waals surface area contributed by atoms with Gasteiger partial charge in [-0.25, -0.2) is 4.39 Å². The number of aryl methyl sites for hydroxylation is 1. The fourth-order valence-corrected chi connectivity index (χ4v) is 6.34. The van der Waals surface area contributed by atoms with E-state index < -0.39 is 0 Å². The zero-order valence-corrected chi connectivity index (χ0v) is 24.7. The van der Waals surface area contributed by atoms with Crippen molar-refractivity contribution in [2.75, 3.05) is 11.9 Å². The van der Waals surface area contributed by atoms with E-state index in [1.807, 2.05) is 25.3 Å². The Balaban J connectivity index is 1.17. The first-order valence-corrected chi connectivity index (χ1v) is 14.8. The molecule has 6 heteroatoms. The molecule has 1 aliphatic heterocycles. The zero-order chi connectivity index (χ0) is 28.3. The SMILES string of the molecule is CCOc1cc(C=Nc2ccc([C@@H]3Nc4ccc(C)cc4[C@@H]4C=CC[C@@H]43)cc2)cc(Br)c1OCc1ccc(F)cc1. The molecule has 4 nitrogen and oxygen atoms in total. The van der Waals surface area contributed by atoms with E-state index in [2.05, 4.69) is 82.8 Å². The average Bonchev–Trinajstić information content (AvgIpc) is 3.47. The van der Waals surface area contributed by atoms with Crippen LogP contribution in [0.5, 0.6) is 11.5 Å². The van der Waals surface area contributed by atoms with Crippen LogP contribution in [0.4, 0.5) is 15.8 Å². The van der Waals surface area contributed by atoms with Crippen LogP contribution in [0.25, 0.3) is 0 Å². The Labute approximate surface area is 249 Å². The molecule has 3 atom stereocenters. The second-order valence-electron chi connectivity index (χ2n) is 10.6. The highest BCUT2D eigenvalue weighted by atomic mass is 79.9. The lowest BCUT2D eigenvalue weighted by molar-refractivity contribution is 0.267. The third-order valence-corrected chi connectivity index (χ3v) is 8.35. The van der Waals surface area contributed by atoms with Crippen LogP contribution in [-0.4, -0.2) is 12.8 Å². The zero-order valence-electron chi connectivity index (χ0n) is 23.1. The van der Waals surface area contributed by atoms with Gasteiger partial charge in [0.15, 0.2) is 11.5 Å². The van der Waals surface area contributed by atoms with E-state index in [1.165, 1.54) is 34.5 Å². The van der Waals surface area contributed by atoms with Gasteiger partial charge >= 0.3 is 0 Å². The number of anilines is 1. The Hall–Kier alpha value is -3.90. The number of allylic oxidation sites excluding steroid dienone is 2. The minimum atomic E-state index is -0.269. The first-order chi connectivity index (χ1) is 20.0. The number of aliphatic imine (C=N–C) groups is 1. The lowest BCUT2D eigenvalue weighted by Crippen LogP contribution is -2.29. The van der Waals surface area contributed by atoms with Gasteiger partial charge in [0, 0.05) is 17.8 Å². The van der Waals surface area contributed by atoms with Crippen LogP contribution < -0.4 is 14.8 Å². The van der Waals surface area contributed by atoms with Gasteiger partial charge in [0.1, 0.15) is 12.4 Å². The number of hydrogen-bond acceptors (Lipinski definition) is 4. The maximum Gasteiger partial charge on any atom is 0.175 e. The summed E-state index contributed by atoms with van der Waals surface area (Å²) in [6.45, 7) is 4.90. The van der Waals surface area contributed by atoms with Gasteiger partial charge in [0.25, 0.3) is 0 Å². The van der Waals surface area contributed by atoms with Crippen LogP contribution in [-0.2, 0) is 6.61 Å². The fraction of sp³-hybridized carbons (Fsp3) is 0.229. The topological polar surface area (TPSA) is 42.8 Å². The number of fused-ring (bicyclic) bond motifs is 3. The molecule has 0 saturated carbocycles. The van der Waals surface area contributed by atoms with Crippen LogP contribution in [0.1, 0.15) is 53.1 Å². The number of nitrogens with one attached hydrogen (secondary N) is 1. The molecule has 4 aromatic rings. The second-order valence-corrected chi connectivity index (χ2v) is 11.4. The first kappa shape index (κ1) is 27.3.